The number of benzene rings is 1. The summed E-state index contributed by atoms with van der Waals surface area (Å²) < 4.78 is 13.3. The van der Waals surface area contributed by atoms with Crippen LogP contribution in [0.1, 0.15) is 37.7 Å². The highest BCUT2D eigenvalue weighted by Gasteiger charge is 2.39. The van der Waals surface area contributed by atoms with Crippen molar-refractivity contribution in [3.05, 3.63) is 29.6 Å². The maximum Gasteiger partial charge on any atom is 0.123 e. The third kappa shape index (κ3) is 1.35. The Morgan fingerprint density at radius 2 is 1.93 bits per heavy atom. The number of fused-ring (bicyclic) bond motifs is 2. The highest BCUT2D eigenvalue weighted by atomic mass is 19.1. The third-order valence-electron chi connectivity index (χ3n) is 3.98. The molecule has 1 heterocycles. The van der Waals surface area contributed by atoms with Crippen molar-refractivity contribution in [2.24, 2.45) is 0 Å². The number of hydrogen-bond donors (Lipinski definition) is 1. The van der Waals surface area contributed by atoms with Gasteiger partial charge in [0.2, 0.25) is 0 Å². The molecule has 1 aromatic rings. The van der Waals surface area contributed by atoms with E-state index in [1.807, 2.05) is 6.07 Å². The molecule has 1 aliphatic heterocycles. The van der Waals surface area contributed by atoms with Crippen molar-refractivity contribution in [2.75, 3.05) is 11.9 Å². The largest absolute Gasteiger partial charge is 0.384 e. The lowest BCUT2D eigenvalue weighted by molar-refractivity contribution is 0.318. The van der Waals surface area contributed by atoms with Gasteiger partial charge in [0.25, 0.3) is 0 Å². The second-order valence-electron chi connectivity index (χ2n) is 4.88. The number of nitrogens with one attached hydrogen (secondary N) is 1. The highest BCUT2D eigenvalue weighted by Crippen LogP contribution is 2.46. The molecule has 1 aromatic carbocycles. The quantitative estimate of drug-likeness (QED) is 0.684. The van der Waals surface area contributed by atoms with Crippen molar-refractivity contribution < 1.29 is 4.39 Å². The van der Waals surface area contributed by atoms with Gasteiger partial charge < -0.3 is 5.32 Å². The van der Waals surface area contributed by atoms with Gasteiger partial charge in [-0.15, -0.1) is 0 Å². The summed E-state index contributed by atoms with van der Waals surface area (Å²) in [6.45, 7) is 1.01. The van der Waals surface area contributed by atoms with Crippen LogP contribution in [0.25, 0.3) is 0 Å². The van der Waals surface area contributed by atoms with Crippen molar-refractivity contribution in [1.82, 2.24) is 0 Å². The molecule has 0 aromatic heterocycles. The van der Waals surface area contributed by atoms with Crippen LogP contribution < -0.4 is 5.32 Å². The Morgan fingerprint density at radius 1 is 1.13 bits per heavy atom. The van der Waals surface area contributed by atoms with Crippen molar-refractivity contribution in [3.8, 4) is 0 Å². The second kappa shape index (κ2) is 3.22. The Bertz CT molecular complexity index is 375. The molecule has 0 bridgehead atoms. The molecule has 0 amide bonds. The van der Waals surface area contributed by atoms with Crippen LogP contribution in [-0.2, 0) is 5.41 Å². The monoisotopic (exact) mass is 205 g/mol. The average molecular weight is 205 g/mol. The zero-order valence-electron chi connectivity index (χ0n) is 8.85. The molecule has 1 fully saturated rings. The molecule has 3 rings (SSSR count). The summed E-state index contributed by atoms with van der Waals surface area (Å²) in [6, 6.07) is 5.17. The van der Waals surface area contributed by atoms with E-state index in [2.05, 4.69) is 5.32 Å². The molecule has 0 saturated heterocycles. The Balaban J connectivity index is 2.05. The molecule has 0 unspecified atom stereocenters. The highest BCUT2D eigenvalue weighted by molar-refractivity contribution is 5.60. The van der Waals surface area contributed by atoms with Crippen LogP contribution in [0.2, 0.25) is 0 Å². The Kier molecular flexibility index (Phi) is 1.98. The Hall–Kier alpha value is -1.05. The molecular formula is C13H16FN. The van der Waals surface area contributed by atoms with Crippen LogP contribution in [0.15, 0.2) is 18.2 Å². The van der Waals surface area contributed by atoms with Crippen LogP contribution in [-0.4, -0.2) is 6.54 Å². The fourth-order valence-electron chi connectivity index (χ4n) is 3.14. The van der Waals surface area contributed by atoms with E-state index >= 15 is 0 Å². The lowest BCUT2D eigenvalue weighted by atomic mass is 9.71. The lowest BCUT2D eigenvalue weighted by Crippen LogP contribution is -2.30. The lowest BCUT2D eigenvalue weighted by Gasteiger charge is -2.33. The van der Waals surface area contributed by atoms with E-state index < -0.39 is 0 Å². The van der Waals surface area contributed by atoms with Crippen LogP contribution >= 0.6 is 0 Å². The minimum Gasteiger partial charge on any atom is -0.384 e. The van der Waals surface area contributed by atoms with Gasteiger partial charge in [-0.2, -0.15) is 0 Å². The van der Waals surface area contributed by atoms with Gasteiger partial charge >= 0.3 is 0 Å². The van der Waals surface area contributed by atoms with Gasteiger partial charge in [-0.05, 0) is 36.6 Å². The SMILES string of the molecule is Fc1ccc2c(c1)C1(CCCCC1)CN2. The topological polar surface area (TPSA) is 12.0 Å². The number of rotatable bonds is 0. The molecule has 1 N–H and O–H groups in total. The molecule has 80 valence electrons. The van der Waals surface area contributed by atoms with E-state index in [0.717, 1.165) is 12.2 Å². The molecule has 1 saturated carbocycles. The first kappa shape index (κ1) is 9.20. The van der Waals surface area contributed by atoms with Crippen LogP contribution in [0.5, 0.6) is 0 Å². The summed E-state index contributed by atoms with van der Waals surface area (Å²) in [4.78, 5) is 0. The summed E-state index contributed by atoms with van der Waals surface area (Å²) in [7, 11) is 0. The minimum absolute atomic E-state index is 0.0950. The summed E-state index contributed by atoms with van der Waals surface area (Å²) >= 11 is 0. The zero-order chi connectivity index (χ0) is 10.3. The molecule has 0 radical (unpaired) electrons. The van der Waals surface area contributed by atoms with E-state index in [9.17, 15) is 4.39 Å². The minimum atomic E-state index is -0.0950. The fourth-order valence-corrected chi connectivity index (χ4v) is 3.14. The maximum absolute atomic E-state index is 13.3. The first-order valence-electron chi connectivity index (χ1n) is 5.84. The van der Waals surface area contributed by atoms with E-state index in [-0.39, 0.29) is 11.2 Å². The maximum atomic E-state index is 13.3. The van der Waals surface area contributed by atoms with Gasteiger partial charge in [0.1, 0.15) is 5.82 Å². The molecule has 1 aliphatic carbocycles. The normalized spacial score (nSPS) is 22.5. The molecule has 2 heteroatoms. The van der Waals surface area contributed by atoms with Gasteiger partial charge in [0.05, 0.1) is 0 Å². The van der Waals surface area contributed by atoms with E-state index in [0.29, 0.717) is 0 Å². The van der Waals surface area contributed by atoms with Crippen LogP contribution in [0.3, 0.4) is 0 Å². The van der Waals surface area contributed by atoms with Crippen molar-refractivity contribution in [1.29, 1.82) is 0 Å². The van der Waals surface area contributed by atoms with Crippen molar-refractivity contribution in [3.63, 3.8) is 0 Å². The van der Waals surface area contributed by atoms with Gasteiger partial charge in [-0.25, -0.2) is 4.39 Å². The predicted molar refractivity (Wildman–Crippen MR) is 59.7 cm³/mol. The van der Waals surface area contributed by atoms with Crippen LogP contribution in [0.4, 0.5) is 10.1 Å². The molecule has 1 spiro atoms. The fraction of sp³-hybridized carbons (Fsp3) is 0.538. The standard InChI is InChI=1S/C13H16FN/c14-10-4-5-12-11(8-10)13(9-15-12)6-2-1-3-7-13/h4-5,8,15H,1-3,6-7,9H2. The Morgan fingerprint density at radius 3 is 2.73 bits per heavy atom. The first-order valence-corrected chi connectivity index (χ1v) is 5.84. The van der Waals surface area contributed by atoms with Crippen molar-refractivity contribution in [2.45, 2.75) is 37.5 Å². The number of anilines is 1. The summed E-state index contributed by atoms with van der Waals surface area (Å²) in [5.41, 5.74) is 2.62. The molecule has 2 aliphatic rings. The molecule has 15 heavy (non-hydrogen) atoms. The van der Waals surface area contributed by atoms with E-state index in [1.165, 1.54) is 37.7 Å². The summed E-state index contributed by atoms with van der Waals surface area (Å²) in [6.07, 6.45) is 6.36. The second-order valence-corrected chi connectivity index (χ2v) is 4.88. The first-order chi connectivity index (χ1) is 7.30. The van der Waals surface area contributed by atoms with Gasteiger partial charge in [-0.1, -0.05) is 19.3 Å². The van der Waals surface area contributed by atoms with Gasteiger partial charge in [-0.3, -0.25) is 0 Å². The Labute approximate surface area is 89.7 Å². The zero-order valence-corrected chi connectivity index (χ0v) is 8.85. The van der Waals surface area contributed by atoms with Crippen molar-refractivity contribution >= 4 is 5.69 Å². The average Bonchev–Trinajstić information content (AvgIpc) is 2.59. The summed E-state index contributed by atoms with van der Waals surface area (Å²) in [5.74, 6) is -0.0950. The smallest absolute Gasteiger partial charge is 0.123 e. The molecule has 0 atom stereocenters. The van der Waals surface area contributed by atoms with Crippen LogP contribution in [0, 0.1) is 5.82 Å². The van der Waals surface area contributed by atoms with Gasteiger partial charge in [0, 0.05) is 17.6 Å². The summed E-state index contributed by atoms with van der Waals surface area (Å²) in [5, 5.41) is 3.42. The third-order valence-corrected chi connectivity index (χ3v) is 3.98. The molecule has 1 nitrogen and oxygen atoms in total. The molecular weight excluding hydrogens is 189 g/mol. The van der Waals surface area contributed by atoms with E-state index in [4.69, 9.17) is 0 Å². The number of halogens is 1. The van der Waals surface area contributed by atoms with Gasteiger partial charge in [0.15, 0.2) is 0 Å². The van der Waals surface area contributed by atoms with E-state index in [1.54, 1.807) is 12.1 Å². The predicted octanol–water partition coefficient (Wildman–Crippen LogP) is 3.45. The number of hydrogen-bond acceptors (Lipinski definition) is 1.